The lowest BCUT2D eigenvalue weighted by Gasteiger charge is -2.23. The lowest BCUT2D eigenvalue weighted by atomic mass is 10.1. The Morgan fingerprint density at radius 1 is 1.75 bits per heavy atom. The molecule has 1 fully saturated rings. The van der Waals surface area contributed by atoms with Crippen molar-refractivity contribution in [3.63, 3.8) is 0 Å². The molecule has 1 aliphatic rings. The standard InChI is InChI=1S/C7H7NO4/c9-7(10)4-3-6(12-8-4)5-1-2-11-5/h3,5H,1-2H2,(H,9,10). The monoisotopic (exact) mass is 169 g/mol. The zero-order valence-corrected chi connectivity index (χ0v) is 6.19. The minimum absolute atomic E-state index is 0.0690. The lowest BCUT2D eigenvalue weighted by molar-refractivity contribution is -0.0670. The molecule has 1 aliphatic heterocycles. The minimum Gasteiger partial charge on any atom is -0.476 e. The van der Waals surface area contributed by atoms with Gasteiger partial charge < -0.3 is 14.4 Å². The lowest BCUT2D eigenvalue weighted by Crippen LogP contribution is -2.17. The highest BCUT2D eigenvalue weighted by atomic mass is 16.5. The number of carbonyl (C=O) groups is 1. The van der Waals surface area contributed by atoms with E-state index in [1.807, 2.05) is 0 Å². The number of hydrogen-bond donors (Lipinski definition) is 1. The molecule has 2 rings (SSSR count). The number of carboxylic acid groups (broad SMARTS) is 1. The molecule has 1 unspecified atom stereocenters. The summed E-state index contributed by atoms with van der Waals surface area (Å²) < 4.78 is 9.86. The van der Waals surface area contributed by atoms with E-state index >= 15 is 0 Å². The van der Waals surface area contributed by atoms with Crippen molar-refractivity contribution in [2.45, 2.75) is 12.5 Å². The highest BCUT2D eigenvalue weighted by Crippen LogP contribution is 2.29. The highest BCUT2D eigenvalue weighted by Gasteiger charge is 2.25. The van der Waals surface area contributed by atoms with Crippen molar-refractivity contribution in [2.75, 3.05) is 6.61 Å². The predicted molar refractivity (Wildman–Crippen MR) is 36.8 cm³/mol. The number of carboxylic acids is 1. The molecule has 64 valence electrons. The van der Waals surface area contributed by atoms with E-state index in [-0.39, 0.29) is 11.8 Å². The summed E-state index contributed by atoms with van der Waals surface area (Å²) in [5, 5.41) is 11.9. The summed E-state index contributed by atoms with van der Waals surface area (Å²) in [5.74, 6) is -0.581. The van der Waals surface area contributed by atoms with Crippen molar-refractivity contribution in [3.8, 4) is 0 Å². The molecule has 5 heteroatoms. The van der Waals surface area contributed by atoms with Crippen LogP contribution in [0.5, 0.6) is 0 Å². The van der Waals surface area contributed by atoms with Gasteiger partial charge in [-0.2, -0.15) is 0 Å². The van der Waals surface area contributed by atoms with E-state index in [2.05, 4.69) is 5.16 Å². The summed E-state index contributed by atoms with van der Waals surface area (Å²) in [5.41, 5.74) is -0.0690. The molecule has 1 saturated heterocycles. The van der Waals surface area contributed by atoms with Crippen LogP contribution in [0.3, 0.4) is 0 Å². The summed E-state index contributed by atoms with van der Waals surface area (Å²) >= 11 is 0. The fraction of sp³-hybridized carbons (Fsp3) is 0.429. The van der Waals surface area contributed by atoms with Crippen LogP contribution in [0.1, 0.15) is 28.8 Å². The number of hydrogen-bond acceptors (Lipinski definition) is 4. The molecule has 0 radical (unpaired) electrons. The van der Waals surface area contributed by atoms with Crippen LogP contribution in [0.2, 0.25) is 0 Å². The van der Waals surface area contributed by atoms with Crippen molar-refractivity contribution < 1.29 is 19.2 Å². The first-order chi connectivity index (χ1) is 5.77. The summed E-state index contributed by atoms with van der Waals surface area (Å²) in [6.07, 6.45) is 0.777. The van der Waals surface area contributed by atoms with Crippen LogP contribution in [0.15, 0.2) is 10.6 Å². The van der Waals surface area contributed by atoms with Gasteiger partial charge in [-0.05, 0) is 0 Å². The fourth-order valence-corrected chi connectivity index (χ4v) is 1.00. The summed E-state index contributed by atoms with van der Waals surface area (Å²) in [6, 6.07) is 1.40. The Balaban J connectivity index is 2.17. The minimum atomic E-state index is -1.08. The van der Waals surface area contributed by atoms with Gasteiger partial charge in [0.25, 0.3) is 0 Å². The molecule has 0 amide bonds. The average Bonchev–Trinajstić information content (AvgIpc) is 2.32. The van der Waals surface area contributed by atoms with Gasteiger partial charge in [-0.15, -0.1) is 0 Å². The molecular weight excluding hydrogens is 162 g/mol. The summed E-state index contributed by atoms with van der Waals surface area (Å²) in [6.45, 7) is 0.702. The zero-order chi connectivity index (χ0) is 8.55. The molecule has 2 heterocycles. The third-order valence-corrected chi connectivity index (χ3v) is 1.76. The topological polar surface area (TPSA) is 72.6 Å². The quantitative estimate of drug-likeness (QED) is 0.709. The van der Waals surface area contributed by atoms with Gasteiger partial charge in [-0.25, -0.2) is 4.79 Å². The molecular formula is C7H7NO4. The molecule has 12 heavy (non-hydrogen) atoms. The molecule has 1 N–H and O–H groups in total. The first-order valence-electron chi connectivity index (χ1n) is 3.59. The summed E-state index contributed by atoms with van der Waals surface area (Å²) in [7, 11) is 0. The fourth-order valence-electron chi connectivity index (χ4n) is 1.00. The predicted octanol–water partition coefficient (Wildman–Crippen LogP) is 0.834. The Hall–Kier alpha value is -1.36. The molecule has 0 aliphatic carbocycles. The van der Waals surface area contributed by atoms with Gasteiger partial charge in [0.2, 0.25) is 0 Å². The van der Waals surface area contributed by atoms with E-state index in [1.54, 1.807) is 0 Å². The number of nitrogens with zero attached hydrogens (tertiary/aromatic N) is 1. The second-order valence-corrected chi connectivity index (χ2v) is 2.57. The third-order valence-electron chi connectivity index (χ3n) is 1.76. The van der Waals surface area contributed by atoms with Gasteiger partial charge in [0.05, 0.1) is 6.61 Å². The van der Waals surface area contributed by atoms with Crippen LogP contribution in [0, 0.1) is 0 Å². The van der Waals surface area contributed by atoms with Crippen LogP contribution in [-0.2, 0) is 4.74 Å². The smallest absolute Gasteiger partial charge is 0.358 e. The molecule has 1 aromatic rings. The number of rotatable bonds is 2. The Kier molecular flexibility index (Phi) is 1.58. The van der Waals surface area contributed by atoms with E-state index in [1.165, 1.54) is 6.07 Å². The van der Waals surface area contributed by atoms with E-state index in [0.29, 0.717) is 12.4 Å². The van der Waals surface area contributed by atoms with Gasteiger partial charge in [0, 0.05) is 12.5 Å². The van der Waals surface area contributed by atoms with E-state index in [0.717, 1.165) is 6.42 Å². The van der Waals surface area contributed by atoms with Crippen molar-refractivity contribution in [2.24, 2.45) is 0 Å². The van der Waals surface area contributed by atoms with Gasteiger partial charge in [0.1, 0.15) is 6.10 Å². The number of ether oxygens (including phenoxy) is 1. The molecule has 0 aromatic carbocycles. The van der Waals surface area contributed by atoms with Gasteiger partial charge in [-0.3, -0.25) is 0 Å². The van der Waals surface area contributed by atoms with Crippen LogP contribution in [0.25, 0.3) is 0 Å². The van der Waals surface area contributed by atoms with Gasteiger partial charge >= 0.3 is 5.97 Å². The van der Waals surface area contributed by atoms with Crippen LogP contribution >= 0.6 is 0 Å². The Labute approximate surface area is 67.9 Å². The molecule has 1 aromatic heterocycles. The van der Waals surface area contributed by atoms with E-state index in [9.17, 15) is 4.79 Å². The highest BCUT2D eigenvalue weighted by molar-refractivity contribution is 5.85. The number of aromatic nitrogens is 1. The molecule has 0 saturated carbocycles. The maximum atomic E-state index is 10.4. The average molecular weight is 169 g/mol. The third kappa shape index (κ3) is 1.08. The van der Waals surface area contributed by atoms with Crippen LogP contribution in [0.4, 0.5) is 0 Å². The summed E-state index contributed by atoms with van der Waals surface area (Å²) in [4.78, 5) is 10.4. The molecule has 0 spiro atoms. The normalized spacial score (nSPS) is 21.8. The van der Waals surface area contributed by atoms with E-state index < -0.39 is 5.97 Å². The Morgan fingerprint density at radius 2 is 2.50 bits per heavy atom. The van der Waals surface area contributed by atoms with Crippen molar-refractivity contribution >= 4 is 5.97 Å². The second-order valence-electron chi connectivity index (χ2n) is 2.57. The number of aromatic carboxylic acids is 1. The first-order valence-corrected chi connectivity index (χ1v) is 3.59. The SMILES string of the molecule is O=C(O)c1cc(C2CCO2)on1. The first kappa shape index (κ1) is 7.30. The second kappa shape index (κ2) is 2.60. The van der Waals surface area contributed by atoms with Gasteiger partial charge in [0.15, 0.2) is 11.5 Å². The van der Waals surface area contributed by atoms with Crippen LogP contribution in [-0.4, -0.2) is 22.8 Å². The zero-order valence-electron chi connectivity index (χ0n) is 6.19. The van der Waals surface area contributed by atoms with Crippen molar-refractivity contribution in [1.82, 2.24) is 5.16 Å². The maximum absolute atomic E-state index is 10.4. The Morgan fingerprint density at radius 3 is 2.92 bits per heavy atom. The van der Waals surface area contributed by atoms with Crippen molar-refractivity contribution in [3.05, 3.63) is 17.5 Å². The van der Waals surface area contributed by atoms with E-state index in [4.69, 9.17) is 14.4 Å². The van der Waals surface area contributed by atoms with Gasteiger partial charge in [-0.1, -0.05) is 5.16 Å². The van der Waals surface area contributed by atoms with Crippen LogP contribution < -0.4 is 0 Å². The molecule has 5 nitrogen and oxygen atoms in total. The Bertz CT molecular complexity index is 302. The maximum Gasteiger partial charge on any atom is 0.358 e. The molecule has 0 bridgehead atoms. The van der Waals surface area contributed by atoms with Crippen molar-refractivity contribution in [1.29, 1.82) is 0 Å². The largest absolute Gasteiger partial charge is 0.476 e. The molecule has 1 atom stereocenters.